The van der Waals surface area contributed by atoms with E-state index in [1.807, 2.05) is 0 Å². The van der Waals surface area contributed by atoms with E-state index in [2.05, 4.69) is 13.8 Å². The van der Waals surface area contributed by atoms with Gasteiger partial charge in [-0.05, 0) is 12.3 Å². The number of hydrogen-bond acceptors (Lipinski definition) is 2. The van der Waals surface area contributed by atoms with Gasteiger partial charge in [0.25, 0.3) is 0 Å². The van der Waals surface area contributed by atoms with Gasteiger partial charge in [0.1, 0.15) is 0 Å². The van der Waals surface area contributed by atoms with Gasteiger partial charge >= 0.3 is 0 Å². The Labute approximate surface area is 68.9 Å². The first-order valence-corrected chi connectivity index (χ1v) is 4.36. The first-order chi connectivity index (χ1) is 5.25. The lowest BCUT2D eigenvalue weighted by molar-refractivity contribution is -0.0710. The molecule has 0 aliphatic carbocycles. The summed E-state index contributed by atoms with van der Waals surface area (Å²) in [6, 6.07) is 0. The molecule has 2 heteroatoms. The Morgan fingerprint density at radius 2 is 2.18 bits per heavy atom. The Morgan fingerprint density at radius 3 is 2.64 bits per heavy atom. The summed E-state index contributed by atoms with van der Waals surface area (Å²) in [5.74, 6) is 1.26. The van der Waals surface area contributed by atoms with E-state index >= 15 is 0 Å². The van der Waals surface area contributed by atoms with Gasteiger partial charge in [0, 0.05) is 19.6 Å². The van der Waals surface area contributed by atoms with Crippen LogP contribution in [0.15, 0.2) is 0 Å². The summed E-state index contributed by atoms with van der Waals surface area (Å²) in [7, 11) is 1.80. The van der Waals surface area contributed by atoms with Crippen molar-refractivity contribution in [3.8, 4) is 0 Å². The third kappa shape index (κ3) is 2.17. The van der Waals surface area contributed by atoms with Gasteiger partial charge in [-0.1, -0.05) is 13.8 Å². The summed E-state index contributed by atoms with van der Waals surface area (Å²) in [6.45, 7) is 6.19. The van der Waals surface area contributed by atoms with E-state index in [4.69, 9.17) is 9.47 Å². The molecule has 0 aromatic rings. The minimum atomic E-state index is 0.420. The molecule has 1 aliphatic heterocycles. The van der Waals surface area contributed by atoms with E-state index in [9.17, 15) is 0 Å². The summed E-state index contributed by atoms with van der Waals surface area (Å²) in [5.41, 5.74) is 0. The zero-order valence-electron chi connectivity index (χ0n) is 7.67. The summed E-state index contributed by atoms with van der Waals surface area (Å²) < 4.78 is 10.8. The van der Waals surface area contributed by atoms with Crippen LogP contribution in [0.1, 0.15) is 20.3 Å². The predicted molar refractivity (Wildman–Crippen MR) is 44.6 cm³/mol. The molecule has 1 saturated heterocycles. The molecule has 0 aromatic heterocycles. The maximum Gasteiger partial charge on any atom is 0.0645 e. The third-order valence-corrected chi connectivity index (χ3v) is 2.49. The number of methoxy groups -OCH3 is 1. The van der Waals surface area contributed by atoms with E-state index < -0.39 is 0 Å². The molecule has 0 N–H and O–H groups in total. The van der Waals surface area contributed by atoms with Crippen LogP contribution < -0.4 is 0 Å². The van der Waals surface area contributed by atoms with Gasteiger partial charge in [-0.15, -0.1) is 0 Å². The first-order valence-electron chi connectivity index (χ1n) is 4.36. The fraction of sp³-hybridized carbons (Fsp3) is 1.00. The quantitative estimate of drug-likeness (QED) is 0.609. The number of ether oxygens (including phenoxy) is 2. The van der Waals surface area contributed by atoms with Crippen molar-refractivity contribution in [2.75, 3.05) is 20.3 Å². The highest BCUT2D eigenvalue weighted by atomic mass is 16.5. The molecule has 66 valence electrons. The minimum Gasteiger partial charge on any atom is -0.381 e. The summed E-state index contributed by atoms with van der Waals surface area (Å²) in [4.78, 5) is 0. The highest BCUT2D eigenvalue weighted by molar-refractivity contribution is 4.76. The fourth-order valence-corrected chi connectivity index (χ4v) is 1.65. The molecular formula is C9H18O2. The van der Waals surface area contributed by atoms with Gasteiger partial charge < -0.3 is 9.47 Å². The lowest BCUT2D eigenvalue weighted by Gasteiger charge is -2.32. The molecule has 0 spiro atoms. The predicted octanol–water partition coefficient (Wildman–Crippen LogP) is 1.69. The molecule has 2 nitrogen and oxygen atoms in total. The van der Waals surface area contributed by atoms with E-state index in [-0.39, 0.29) is 0 Å². The zero-order chi connectivity index (χ0) is 8.27. The summed E-state index contributed by atoms with van der Waals surface area (Å²) >= 11 is 0. The van der Waals surface area contributed by atoms with E-state index in [0.717, 1.165) is 19.6 Å². The minimum absolute atomic E-state index is 0.420. The van der Waals surface area contributed by atoms with Gasteiger partial charge in [-0.3, -0.25) is 0 Å². The van der Waals surface area contributed by atoms with Crippen LogP contribution in [0.3, 0.4) is 0 Å². The molecule has 0 saturated carbocycles. The molecule has 0 radical (unpaired) electrons. The molecule has 1 heterocycles. The lowest BCUT2D eigenvalue weighted by atomic mass is 9.88. The molecule has 0 aromatic carbocycles. The Hall–Kier alpha value is -0.0800. The van der Waals surface area contributed by atoms with E-state index in [1.165, 1.54) is 0 Å². The van der Waals surface area contributed by atoms with Crippen LogP contribution in [0.5, 0.6) is 0 Å². The highest BCUT2D eigenvalue weighted by Gasteiger charge is 2.27. The lowest BCUT2D eigenvalue weighted by Crippen LogP contribution is -2.36. The van der Waals surface area contributed by atoms with Gasteiger partial charge in [0.05, 0.1) is 12.7 Å². The molecule has 11 heavy (non-hydrogen) atoms. The molecule has 1 aliphatic rings. The normalized spacial score (nSPS) is 32.7. The Morgan fingerprint density at radius 1 is 1.45 bits per heavy atom. The molecule has 0 bridgehead atoms. The van der Waals surface area contributed by atoms with E-state index in [0.29, 0.717) is 17.9 Å². The second kappa shape index (κ2) is 4.07. The third-order valence-electron chi connectivity index (χ3n) is 2.49. The fourth-order valence-electron chi connectivity index (χ4n) is 1.65. The van der Waals surface area contributed by atoms with Crippen molar-refractivity contribution in [1.29, 1.82) is 0 Å². The smallest absolute Gasteiger partial charge is 0.0645 e. The molecule has 1 fully saturated rings. The molecule has 0 unspecified atom stereocenters. The van der Waals surface area contributed by atoms with Crippen LogP contribution in [-0.4, -0.2) is 26.4 Å². The van der Waals surface area contributed by atoms with Crippen LogP contribution >= 0.6 is 0 Å². The van der Waals surface area contributed by atoms with Crippen LogP contribution in [-0.2, 0) is 9.47 Å². The Bertz CT molecular complexity index is 112. The van der Waals surface area contributed by atoms with Crippen molar-refractivity contribution in [2.24, 2.45) is 11.8 Å². The maximum atomic E-state index is 5.40. The van der Waals surface area contributed by atoms with Gasteiger partial charge in [-0.25, -0.2) is 0 Å². The van der Waals surface area contributed by atoms with Crippen molar-refractivity contribution in [3.63, 3.8) is 0 Å². The molecule has 1 rings (SSSR count). The topological polar surface area (TPSA) is 18.5 Å². The van der Waals surface area contributed by atoms with Gasteiger partial charge in [-0.2, -0.15) is 0 Å². The second-order valence-corrected chi connectivity index (χ2v) is 3.55. The largest absolute Gasteiger partial charge is 0.381 e. The van der Waals surface area contributed by atoms with Crippen molar-refractivity contribution in [3.05, 3.63) is 0 Å². The van der Waals surface area contributed by atoms with E-state index in [1.54, 1.807) is 7.11 Å². The van der Waals surface area contributed by atoms with Crippen molar-refractivity contribution in [2.45, 2.75) is 26.4 Å². The highest BCUT2D eigenvalue weighted by Crippen LogP contribution is 2.24. The van der Waals surface area contributed by atoms with Crippen molar-refractivity contribution in [1.82, 2.24) is 0 Å². The molecule has 0 amide bonds. The SMILES string of the molecule is CO[C@H]1CCOC[C@H]1C(C)C. The monoisotopic (exact) mass is 158 g/mol. The van der Waals surface area contributed by atoms with Gasteiger partial charge in [0.2, 0.25) is 0 Å². The van der Waals surface area contributed by atoms with Gasteiger partial charge in [0.15, 0.2) is 0 Å². The average Bonchev–Trinajstić information content (AvgIpc) is 2.04. The zero-order valence-corrected chi connectivity index (χ0v) is 7.67. The average molecular weight is 158 g/mol. The van der Waals surface area contributed by atoms with Crippen LogP contribution in [0, 0.1) is 11.8 Å². The second-order valence-electron chi connectivity index (χ2n) is 3.55. The molecule has 2 atom stereocenters. The van der Waals surface area contributed by atoms with Crippen LogP contribution in [0.2, 0.25) is 0 Å². The first kappa shape index (κ1) is 9.01. The van der Waals surface area contributed by atoms with Crippen LogP contribution in [0.25, 0.3) is 0 Å². The van der Waals surface area contributed by atoms with Crippen molar-refractivity contribution < 1.29 is 9.47 Å². The number of rotatable bonds is 2. The van der Waals surface area contributed by atoms with Crippen molar-refractivity contribution >= 4 is 0 Å². The Balaban J connectivity index is 2.44. The maximum absolute atomic E-state index is 5.40. The molecular weight excluding hydrogens is 140 g/mol. The number of hydrogen-bond donors (Lipinski definition) is 0. The summed E-state index contributed by atoms with van der Waals surface area (Å²) in [6.07, 6.45) is 1.48. The standard InChI is InChI=1S/C9H18O2/c1-7(2)8-6-11-5-4-9(8)10-3/h7-9H,4-6H2,1-3H3/t8-,9-/m0/s1. The summed E-state index contributed by atoms with van der Waals surface area (Å²) in [5, 5.41) is 0. The Kier molecular flexibility index (Phi) is 3.34. The van der Waals surface area contributed by atoms with Crippen LogP contribution in [0.4, 0.5) is 0 Å².